The molecule has 5 rings (SSSR count). The number of aryl methyl sites for hydroxylation is 1. The Morgan fingerprint density at radius 2 is 1.71 bits per heavy atom. The number of rotatable bonds is 6. The van der Waals surface area contributed by atoms with E-state index in [1.54, 1.807) is 6.07 Å². The van der Waals surface area contributed by atoms with Gasteiger partial charge in [-0.25, -0.2) is 0 Å². The molecule has 1 unspecified atom stereocenters. The van der Waals surface area contributed by atoms with Gasteiger partial charge in [0, 0.05) is 12.2 Å². The number of fused-ring (bicyclic) bond motifs is 1. The van der Waals surface area contributed by atoms with Crippen LogP contribution in [0.4, 0.5) is 0 Å². The Labute approximate surface area is 201 Å². The highest BCUT2D eigenvalue weighted by Gasteiger charge is 2.24. The first kappa shape index (κ1) is 22.6. The molecule has 2 aromatic carbocycles. The van der Waals surface area contributed by atoms with Crippen LogP contribution in [0.1, 0.15) is 64.5 Å². The maximum atomic E-state index is 12.9. The lowest BCUT2D eigenvalue weighted by molar-refractivity contribution is 0.0931. The predicted octanol–water partition coefficient (Wildman–Crippen LogP) is 4.64. The molecule has 3 aromatic rings. The minimum Gasteiger partial charge on any atom is -0.345 e. The standard InChI is InChI=1S/C29H33N3O2/c33-28-26(29(34)31-27-12-6-10-23-9-4-5-11-25(23)27)14-13-24(30-28)20-32-17-15-22(16-18-32)19-21-7-2-1-3-8-21/h1-5,7-9,11,13-14,22,27H,6,10,12,15-20H2,(H,30,33)(H,31,34). The lowest BCUT2D eigenvalue weighted by Gasteiger charge is -2.32. The fourth-order valence-electron chi connectivity index (χ4n) is 5.46. The first-order valence-corrected chi connectivity index (χ1v) is 12.5. The highest BCUT2D eigenvalue weighted by Crippen LogP contribution is 2.29. The van der Waals surface area contributed by atoms with Crippen LogP contribution < -0.4 is 10.9 Å². The van der Waals surface area contributed by atoms with E-state index >= 15 is 0 Å². The maximum absolute atomic E-state index is 12.9. The van der Waals surface area contributed by atoms with E-state index in [0.717, 1.165) is 44.5 Å². The summed E-state index contributed by atoms with van der Waals surface area (Å²) in [6.45, 7) is 2.77. The summed E-state index contributed by atoms with van der Waals surface area (Å²) in [6.07, 6.45) is 6.46. The Hall–Kier alpha value is -3.18. The summed E-state index contributed by atoms with van der Waals surface area (Å²) >= 11 is 0. The second-order valence-corrected chi connectivity index (χ2v) is 9.75. The van der Waals surface area contributed by atoms with E-state index in [2.05, 4.69) is 57.7 Å². The molecule has 1 saturated heterocycles. The van der Waals surface area contributed by atoms with Crippen LogP contribution in [0.3, 0.4) is 0 Å². The number of aromatic nitrogens is 1. The first-order valence-electron chi connectivity index (χ1n) is 12.5. The molecule has 1 fully saturated rings. The number of nitrogens with one attached hydrogen (secondary N) is 2. The quantitative estimate of drug-likeness (QED) is 0.569. The summed E-state index contributed by atoms with van der Waals surface area (Å²) in [5, 5.41) is 3.09. The van der Waals surface area contributed by atoms with Gasteiger partial charge in [0.05, 0.1) is 6.04 Å². The number of pyridine rings is 1. The van der Waals surface area contributed by atoms with Gasteiger partial charge in [0.15, 0.2) is 0 Å². The van der Waals surface area contributed by atoms with E-state index in [-0.39, 0.29) is 23.1 Å². The number of nitrogens with zero attached hydrogens (tertiary/aromatic N) is 1. The van der Waals surface area contributed by atoms with Gasteiger partial charge in [0.2, 0.25) is 0 Å². The zero-order chi connectivity index (χ0) is 23.3. The molecule has 2 heterocycles. The van der Waals surface area contributed by atoms with Gasteiger partial charge in [-0.05, 0) is 86.4 Å². The van der Waals surface area contributed by atoms with Crippen molar-refractivity contribution in [2.75, 3.05) is 13.1 Å². The fraction of sp³-hybridized carbons (Fsp3) is 0.379. The van der Waals surface area contributed by atoms with Crippen LogP contribution in [-0.2, 0) is 19.4 Å². The minimum absolute atomic E-state index is 0.0336. The number of benzene rings is 2. The number of amides is 1. The van der Waals surface area contributed by atoms with Crippen LogP contribution in [0.2, 0.25) is 0 Å². The van der Waals surface area contributed by atoms with E-state index in [1.165, 1.54) is 29.5 Å². The molecule has 5 nitrogen and oxygen atoms in total. The van der Waals surface area contributed by atoms with Crippen LogP contribution in [0.15, 0.2) is 71.5 Å². The smallest absolute Gasteiger partial charge is 0.261 e. The van der Waals surface area contributed by atoms with E-state index in [1.807, 2.05) is 18.2 Å². The van der Waals surface area contributed by atoms with Crippen LogP contribution >= 0.6 is 0 Å². The van der Waals surface area contributed by atoms with Crippen LogP contribution in [0, 0.1) is 5.92 Å². The number of hydrogen-bond donors (Lipinski definition) is 2. The molecule has 0 spiro atoms. The van der Waals surface area contributed by atoms with Gasteiger partial charge in [0.25, 0.3) is 11.5 Å². The topological polar surface area (TPSA) is 65.2 Å². The van der Waals surface area contributed by atoms with Crippen molar-refractivity contribution >= 4 is 5.91 Å². The molecule has 0 radical (unpaired) electrons. The van der Waals surface area contributed by atoms with Crippen LogP contribution in [0.25, 0.3) is 0 Å². The summed E-state index contributed by atoms with van der Waals surface area (Å²) in [6, 6.07) is 22.5. The number of carbonyl (C=O) groups excluding carboxylic acids is 1. The van der Waals surface area contributed by atoms with Crippen molar-refractivity contribution in [2.45, 2.75) is 51.1 Å². The van der Waals surface area contributed by atoms with Crippen molar-refractivity contribution < 1.29 is 4.79 Å². The van der Waals surface area contributed by atoms with E-state index < -0.39 is 0 Å². The molecule has 1 aliphatic carbocycles. The zero-order valence-electron chi connectivity index (χ0n) is 19.6. The average molecular weight is 456 g/mol. The van der Waals surface area contributed by atoms with Crippen LogP contribution in [-0.4, -0.2) is 28.9 Å². The van der Waals surface area contributed by atoms with Crippen molar-refractivity contribution in [1.29, 1.82) is 0 Å². The van der Waals surface area contributed by atoms with Gasteiger partial charge < -0.3 is 10.3 Å². The van der Waals surface area contributed by atoms with Crippen molar-refractivity contribution in [3.8, 4) is 0 Å². The maximum Gasteiger partial charge on any atom is 0.261 e. The predicted molar refractivity (Wildman–Crippen MR) is 135 cm³/mol. The number of H-pyrrole nitrogens is 1. The first-order chi connectivity index (χ1) is 16.7. The number of aromatic amines is 1. The summed E-state index contributed by atoms with van der Waals surface area (Å²) in [4.78, 5) is 31.0. The van der Waals surface area contributed by atoms with E-state index in [9.17, 15) is 9.59 Å². The fourth-order valence-corrected chi connectivity index (χ4v) is 5.46. The molecular formula is C29H33N3O2. The van der Waals surface area contributed by atoms with Gasteiger partial charge in [-0.15, -0.1) is 0 Å². The molecule has 0 bridgehead atoms. The van der Waals surface area contributed by atoms with Crippen molar-refractivity contribution in [2.24, 2.45) is 5.92 Å². The molecule has 5 heteroatoms. The number of hydrogen-bond acceptors (Lipinski definition) is 3. The van der Waals surface area contributed by atoms with E-state index in [4.69, 9.17) is 0 Å². The average Bonchev–Trinajstić information content (AvgIpc) is 2.86. The number of carbonyl (C=O) groups is 1. The van der Waals surface area contributed by atoms with Gasteiger partial charge in [-0.1, -0.05) is 54.6 Å². The van der Waals surface area contributed by atoms with Gasteiger partial charge in [-0.2, -0.15) is 0 Å². The third-order valence-corrected chi connectivity index (χ3v) is 7.36. The lowest BCUT2D eigenvalue weighted by atomic mass is 9.87. The highest BCUT2D eigenvalue weighted by molar-refractivity contribution is 5.94. The minimum atomic E-state index is -0.307. The Balaban J connectivity index is 1.16. The third-order valence-electron chi connectivity index (χ3n) is 7.36. The Kier molecular flexibility index (Phi) is 6.91. The number of likely N-dealkylation sites (tertiary alicyclic amines) is 1. The summed E-state index contributed by atoms with van der Waals surface area (Å²) in [7, 11) is 0. The van der Waals surface area contributed by atoms with Crippen molar-refractivity contribution in [1.82, 2.24) is 15.2 Å². The third kappa shape index (κ3) is 5.31. The summed E-state index contributed by atoms with van der Waals surface area (Å²) in [5.41, 5.74) is 4.62. The molecule has 1 amide bonds. The summed E-state index contributed by atoms with van der Waals surface area (Å²) < 4.78 is 0. The molecule has 2 aliphatic rings. The second-order valence-electron chi connectivity index (χ2n) is 9.75. The Bertz CT molecular complexity index is 1180. The molecular weight excluding hydrogens is 422 g/mol. The normalized spacial score (nSPS) is 18.9. The van der Waals surface area contributed by atoms with E-state index in [0.29, 0.717) is 12.5 Å². The Morgan fingerprint density at radius 3 is 2.50 bits per heavy atom. The molecule has 1 aliphatic heterocycles. The lowest BCUT2D eigenvalue weighted by Crippen LogP contribution is -2.36. The molecule has 1 aromatic heterocycles. The monoisotopic (exact) mass is 455 g/mol. The molecule has 0 saturated carbocycles. The zero-order valence-corrected chi connectivity index (χ0v) is 19.6. The van der Waals surface area contributed by atoms with Crippen molar-refractivity contribution in [3.63, 3.8) is 0 Å². The molecule has 2 N–H and O–H groups in total. The molecule has 176 valence electrons. The van der Waals surface area contributed by atoms with Gasteiger partial charge in [-0.3, -0.25) is 14.5 Å². The van der Waals surface area contributed by atoms with Crippen molar-refractivity contribution in [3.05, 3.63) is 105 Å². The molecule has 1 atom stereocenters. The largest absolute Gasteiger partial charge is 0.345 e. The summed E-state index contributed by atoms with van der Waals surface area (Å²) in [5.74, 6) is 0.421. The SMILES string of the molecule is O=C(NC1CCCc2ccccc21)c1ccc(CN2CCC(Cc3ccccc3)CC2)[nH]c1=O. The number of piperidine rings is 1. The van der Waals surface area contributed by atoms with Gasteiger partial charge in [0.1, 0.15) is 5.56 Å². The van der Waals surface area contributed by atoms with Crippen LogP contribution in [0.5, 0.6) is 0 Å². The highest BCUT2D eigenvalue weighted by atomic mass is 16.2. The van der Waals surface area contributed by atoms with Gasteiger partial charge >= 0.3 is 0 Å². The molecule has 34 heavy (non-hydrogen) atoms. The second kappa shape index (κ2) is 10.4. The Morgan fingerprint density at radius 1 is 0.941 bits per heavy atom.